The fourth-order valence-corrected chi connectivity index (χ4v) is 1.27. The Morgan fingerprint density at radius 2 is 2.13 bits per heavy atom. The Labute approximate surface area is 92.9 Å². The van der Waals surface area contributed by atoms with Crippen LogP contribution in [0.15, 0.2) is 4.99 Å². The minimum absolute atomic E-state index is 0.225. The van der Waals surface area contributed by atoms with Crippen LogP contribution in [-0.4, -0.2) is 25.3 Å². The molecule has 0 aliphatic rings. The van der Waals surface area contributed by atoms with Gasteiger partial charge in [0.2, 0.25) is 0 Å². The van der Waals surface area contributed by atoms with Crippen LogP contribution in [0.2, 0.25) is 0 Å². The molecule has 0 aromatic heterocycles. The van der Waals surface area contributed by atoms with Gasteiger partial charge in [-0.05, 0) is 25.0 Å². The SMILES string of the molecule is CCCCC=N[C@H](C(=O)OC)[C@@H](C)CC. The molecule has 0 unspecified atom stereocenters. The van der Waals surface area contributed by atoms with Crippen molar-refractivity contribution in [3.05, 3.63) is 0 Å². The zero-order chi connectivity index (χ0) is 11.7. The van der Waals surface area contributed by atoms with Crippen molar-refractivity contribution < 1.29 is 9.53 Å². The Kier molecular flexibility index (Phi) is 7.96. The van der Waals surface area contributed by atoms with Crippen LogP contribution in [0.5, 0.6) is 0 Å². The first-order valence-electron chi connectivity index (χ1n) is 5.76. The molecule has 3 heteroatoms. The molecule has 0 radical (unpaired) electrons. The first-order valence-corrected chi connectivity index (χ1v) is 5.76. The topological polar surface area (TPSA) is 38.7 Å². The summed E-state index contributed by atoms with van der Waals surface area (Å²) in [6.45, 7) is 6.22. The molecule has 0 bridgehead atoms. The second kappa shape index (κ2) is 8.45. The zero-order valence-corrected chi connectivity index (χ0v) is 10.3. The number of carbonyl (C=O) groups excluding carboxylic acids is 1. The lowest BCUT2D eigenvalue weighted by molar-refractivity contribution is -0.143. The molecule has 0 saturated heterocycles. The molecule has 0 aromatic carbocycles. The van der Waals surface area contributed by atoms with Gasteiger partial charge in [-0.1, -0.05) is 33.6 Å². The van der Waals surface area contributed by atoms with Crippen molar-refractivity contribution >= 4 is 12.2 Å². The predicted molar refractivity (Wildman–Crippen MR) is 63.3 cm³/mol. The molecule has 0 spiro atoms. The van der Waals surface area contributed by atoms with E-state index < -0.39 is 0 Å². The normalized spacial score (nSPS) is 15.2. The van der Waals surface area contributed by atoms with Crippen molar-refractivity contribution in [3.63, 3.8) is 0 Å². The number of rotatable bonds is 7. The van der Waals surface area contributed by atoms with Crippen molar-refractivity contribution in [2.24, 2.45) is 10.9 Å². The van der Waals surface area contributed by atoms with Gasteiger partial charge in [0, 0.05) is 0 Å². The number of hydrogen-bond acceptors (Lipinski definition) is 3. The maximum Gasteiger partial charge on any atom is 0.330 e. The second-order valence-electron chi connectivity index (χ2n) is 3.83. The van der Waals surface area contributed by atoms with E-state index in [9.17, 15) is 4.79 Å². The average Bonchev–Trinajstić information content (AvgIpc) is 2.27. The zero-order valence-electron chi connectivity index (χ0n) is 10.3. The van der Waals surface area contributed by atoms with Crippen LogP contribution in [0.1, 0.15) is 46.5 Å². The van der Waals surface area contributed by atoms with Crippen LogP contribution >= 0.6 is 0 Å². The molecule has 0 heterocycles. The molecule has 0 saturated carbocycles. The molecule has 0 rings (SSSR count). The number of aliphatic imine (C=N–C) groups is 1. The van der Waals surface area contributed by atoms with Crippen LogP contribution in [0.25, 0.3) is 0 Å². The highest BCUT2D eigenvalue weighted by Crippen LogP contribution is 2.12. The van der Waals surface area contributed by atoms with E-state index in [2.05, 4.69) is 18.8 Å². The molecule has 0 aliphatic heterocycles. The van der Waals surface area contributed by atoms with E-state index >= 15 is 0 Å². The largest absolute Gasteiger partial charge is 0.467 e. The van der Waals surface area contributed by atoms with E-state index in [1.54, 1.807) is 0 Å². The summed E-state index contributed by atoms with van der Waals surface area (Å²) >= 11 is 0. The molecule has 3 nitrogen and oxygen atoms in total. The van der Waals surface area contributed by atoms with Gasteiger partial charge in [0.05, 0.1) is 7.11 Å². The van der Waals surface area contributed by atoms with Crippen molar-refractivity contribution in [1.82, 2.24) is 0 Å². The molecular formula is C12H23NO2. The van der Waals surface area contributed by atoms with Crippen LogP contribution in [-0.2, 0) is 9.53 Å². The molecule has 0 aliphatic carbocycles. The molecule has 0 amide bonds. The number of ether oxygens (including phenoxy) is 1. The summed E-state index contributed by atoms with van der Waals surface area (Å²) in [5.74, 6) is 0.0208. The summed E-state index contributed by atoms with van der Waals surface area (Å²) in [5, 5.41) is 0. The molecule has 88 valence electrons. The third kappa shape index (κ3) is 5.55. The van der Waals surface area contributed by atoms with E-state index in [1.165, 1.54) is 7.11 Å². The molecule has 0 aromatic rings. The fraction of sp³-hybridized carbons (Fsp3) is 0.833. The number of carbonyl (C=O) groups is 1. The minimum Gasteiger partial charge on any atom is -0.467 e. The van der Waals surface area contributed by atoms with Gasteiger partial charge < -0.3 is 4.74 Å². The van der Waals surface area contributed by atoms with E-state index in [0.29, 0.717) is 0 Å². The monoisotopic (exact) mass is 213 g/mol. The molecule has 0 fully saturated rings. The van der Waals surface area contributed by atoms with Gasteiger partial charge in [-0.15, -0.1) is 0 Å². The summed E-state index contributed by atoms with van der Waals surface area (Å²) < 4.78 is 4.74. The number of methoxy groups -OCH3 is 1. The van der Waals surface area contributed by atoms with Gasteiger partial charge in [-0.25, -0.2) is 4.79 Å². The summed E-state index contributed by atoms with van der Waals surface area (Å²) in [4.78, 5) is 15.7. The lowest BCUT2D eigenvalue weighted by Gasteiger charge is -2.16. The lowest BCUT2D eigenvalue weighted by atomic mass is 10.00. The third-order valence-corrected chi connectivity index (χ3v) is 2.58. The average molecular weight is 213 g/mol. The van der Waals surface area contributed by atoms with Crippen molar-refractivity contribution in [1.29, 1.82) is 0 Å². The fourth-order valence-electron chi connectivity index (χ4n) is 1.27. The maximum absolute atomic E-state index is 11.4. The predicted octanol–water partition coefficient (Wildman–Crippen LogP) is 2.84. The van der Waals surface area contributed by atoms with E-state index in [4.69, 9.17) is 4.74 Å². The summed E-state index contributed by atoms with van der Waals surface area (Å²) in [7, 11) is 1.42. The minimum atomic E-state index is -0.322. The van der Waals surface area contributed by atoms with E-state index in [1.807, 2.05) is 13.1 Å². The number of esters is 1. The van der Waals surface area contributed by atoms with Crippen molar-refractivity contribution in [2.45, 2.75) is 52.5 Å². The van der Waals surface area contributed by atoms with Gasteiger partial charge >= 0.3 is 5.97 Å². The third-order valence-electron chi connectivity index (χ3n) is 2.58. The van der Waals surface area contributed by atoms with Gasteiger partial charge in [-0.3, -0.25) is 4.99 Å². The summed E-state index contributed by atoms with van der Waals surface area (Å²) in [6.07, 6.45) is 6.01. The van der Waals surface area contributed by atoms with Gasteiger partial charge in [0.15, 0.2) is 0 Å². The van der Waals surface area contributed by atoms with E-state index in [-0.39, 0.29) is 17.9 Å². The lowest BCUT2D eigenvalue weighted by Crippen LogP contribution is -2.27. The van der Waals surface area contributed by atoms with Crippen molar-refractivity contribution in [2.75, 3.05) is 7.11 Å². The van der Waals surface area contributed by atoms with Crippen LogP contribution in [0, 0.1) is 5.92 Å². The summed E-state index contributed by atoms with van der Waals surface area (Å²) in [5.41, 5.74) is 0. The Morgan fingerprint density at radius 1 is 1.47 bits per heavy atom. The highest BCUT2D eigenvalue weighted by atomic mass is 16.5. The Bertz CT molecular complexity index is 202. The van der Waals surface area contributed by atoms with Crippen LogP contribution < -0.4 is 0 Å². The van der Waals surface area contributed by atoms with Crippen molar-refractivity contribution in [3.8, 4) is 0 Å². The maximum atomic E-state index is 11.4. The highest BCUT2D eigenvalue weighted by molar-refractivity contribution is 5.78. The van der Waals surface area contributed by atoms with Gasteiger partial charge in [0.25, 0.3) is 0 Å². The highest BCUT2D eigenvalue weighted by Gasteiger charge is 2.22. The molecular weight excluding hydrogens is 190 g/mol. The van der Waals surface area contributed by atoms with Crippen LogP contribution in [0.4, 0.5) is 0 Å². The molecule has 15 heavy (non-hydrogen) atoms. The quantitative estimate of drug-likeness (QED) is 0.370. The molecule has 0 N–H and O–H groups in total. The van der Waals surface area contributed by atoms with Gasteiger partial charge in [-0.2, -0.15) is 0 Å². The Hall–Kier alpha value is -0.860. The number of nitrogens with zero attached hydrogens (tertiary/aromatic N) is 1. The van der Waals surface area contributed by atoms with Gasteiger partial charge in [0.1, 0.15) is 6.04 Å². The molecule has 2 atom stereocenters. The Morgan fingerprint density at radius 3 is 2.60 bits per heavy atom. The Balaban J connectivity index is 4.24. The standard InChI is InChI=1S/C12H23NO2/c1-5-7-8-9-13-11(10(3)6-2)12(14)15-4/h9-11H,5-8H2,1-4H3/t10-,11-/m0/s1. The second-order valence-corrected chi connectivity index (χ2v) is 3.83. The first-order chi connectivity index (χ1) is 7.17. The number of unbranched alkanes of at least 4 members (excludes halogenated alkanes) is 2. The first kappa shape index (κ1) is 14.1. The smallest absolute Gasteiger partial charge is 0.330 e. The number of hydrogen-bond donors (Lipinski definition) is 0. The summed E-state index contributed by atoms with van der Waals surface area (Å²) in [6, 6.07) is -0.322. The van der Waals surface area contributed by atoms with E-state index in [0.717, 1.165) is 25.7 Å². The van der Waals surface area contributed by atoms with Crippen LogP contribution in [0.3, 0.4) is 0 Å².